The lowest BCUT2D eigenvalue weighted by atomic mass is 10.2. The molecule has 0 radical (unpaired) electrons. The molecule has 1 aromatic rings. The van der Waals surface area contributed by atoms with Gasteiger partial charge >= 0.3 is 11.4 Å². The summed E-state index contributed by atoms with van der Waals surface area (Å²) in [6.45, 7) is 0. The first-order valence-electron chi connectivity index (χ1n) is 3.59. The molecule has 0 fully saturated rings. The van der Waals surface area contributed by atoms with Gasteiger partial charge in [0.25, 0.3) is 0 Å². The minimum atomic E-state index is -2.43. The fourth-order valence-corrected chi connectivity index (χ4v) is 1.19. The van der Waals surface area contributed by atoms with Crippen molar-refractivity contribution < 1.29 is 22.5 Å². The summed E-state index contributed by atoms with van der Waals surface area (Å²) in [5.74, 6) is 0.343. The highest BCUT2D eigenvalue weighted by atomic mass is 32.2. The Kier molecular flexibility index (Phi) is 3.61. The van der Waals surface area contributed by atoms with Gasteiger partial charge < -0.3 is 8.92 Å². The Bertz CT molecular complexity index is 363. The van der Waals surface area contributed by atoms with E-state index >= 15 is 0 Å². The fraction of sp³-hybridized carbons (Fsp3) is 0.125. The second kappa shape index (κ2) is 4.73. The highest BCUT2D eigenvalue weighted by molar-refractivity contribution is 7.74. The summed E-state index contributed by atoms with van der Waals surface area (Å²) in [7, 11) is 1.39. The smallest absolute Gasteiger partial charge is 0.357 e. The molecule has 5 nitrogen and oxygen atoms in total. The zero-order valence-electron chi connectivity index (χ0n) is 7.30. The summed E-state index contributed by atoms with van der Waals surface area (Å²) >= 11 is -2.43. The van der Waals surface area contributed by atoms with Crippen LogP contribution < -0.4 is 8.92 Å². The first-order valence-corrected chi connectivity index (χ1v) is 4.63. The Morgan fingerprint density at radius 2 is 2.14 bits per heavy atom. The van der Waals surface area contributed by atoms with Crippen LogP contribution in [0.25, 0.3) is 0 Å². The van der Waals surface area contributed by atoms with E-state index in [1.165, 1.54) is 25.3 Å². The summed E-state index contributed by atoms with van der Waals surface area (Å²) in [6.07, 6.45) is 0.604. The van der Waals surface area contributed by atoms with Gasteiger partial charge in [-0.2, -0.15) is 4.21 Å². The fourth-order valence-electron chi connectivity index (χ4n) is 0.909. The molecule has 1 aromatic carbocycles. The zero-order valence-corrected chi connectivity index (χ0v) is 8.11. The Balaban J connectivity index is 3.07. The number of hydrogen-bond acceptors (Lipinski definition) is 4. The van der Waals surface area contributed by atoms with Crippen molar-refractivity contribution in [2.45, 2.75) is 0 Å². The zero-order chi connectivity index (χ0) is 10.6. The van der Waals surface area contributed by atoms with E-state index < -0.39 is 11.4 Å². The number of ether oxygens (including phenoxy) is 1. The molecule has 0 heterocycles. The standard InChI is InChI=1S/C8H8O5S/c1-12-7-3-2-6(5-9)4-8(7)13-14(10)11/h2-5H,1H3,(H,10,11). The molecule has 1 rings (SSSR count). The number of carbonyl (C=O) groups excluding carboxylic acids is 1. The lowest BCUT2D eigenvalue weighted by Gasteiger charge is -2.06. The average molecular weight is 216 g/mol. The van der Waals surface area contributed by atoms with Crippen LogP contribution in [0, 0.1) is 0 Å². The van der Waals surface area contributed by atoms with Crippen LogP contribution in [0.3, 0.4) is 0 Å². The molecular formula is C8H8O5S. The van der Waals surface area contributed by atoms with Crippen LogP contribution in [-0.4, -0.2) is 22.2 Å². The van der Waals surface area contributed by atoms with E-state index in [1.807, 2.05) is 0 Å². The number of benzene rings is 1. The second-order valence-electron chi connectivity index (χ2n) is 2.33. The van der Waals surface area contributed by atoms with E-state index in [2.05, 4.69) is 4.18 Å². The van der Waals surface area contributed by atoms with Crippen molar-refractivity contribution >= 4 is 17.6 Å². The van der Waals surface area contributed by atoms with Gasteiger partial charge in [-0.3, -0.25) is 9.35 Å². The molecule has 76 valence electrons. The van der Waals surface area contributed by atoms with Crippen molar-refractivity contribution in [3.63, 3.8) is 0 Å². The molecule has 14 heavy (non-hydrogen) atoms. The van der Waals surface area contributed by atoms with Gasteiger partial charge in [-0.05, 0) is 18.2 Å². The maximum absolute atomic E-state index is 10.4. The molecule has 0 saturated carbocycles. The third kappa shape index (κ3) is 2.54. The van der Waals surface area contributed by atoms with Gasteiger partial charge in [0.05, 0.1) is 7.11 Å². The largest absolute Gasteiger partial charge is 0.493 e. The van der Waals surface area contributed by atoms with E-state index in [-0.39, 0.29) is 11.5 Å². The van der Waals surface area contributed by atoms with Crippen molar-refractivity contribution in [2.24, 2.45) is 0 Å². The molecule has 0 aliphatic heterocycles. The molecule has 0 amide bonds. The van der Waals surface area contributed by atoms with Gasteiger partial charge in [0, 0.05) is 5.56 Å². The summed E-state index contributed by atoms with van der Waals surface area (Å²) in [5.41, 5.74) is 0.339. The molecule has 0 saturated heterocycles. The van der Waals surface area contributed by atoms with Gasteiger partial charge in [0.2, 0.25) is 0 Å². The quantitative estimate of drug-likeness (QED) is 0.601. The molecule has 0 bridgehead atoms. The lowest BCUT2D eigenvalue weighted by molar-refractivity contribution is 0.112. The monoisotopic (exact) mass is 216 g/mol. The molecule has 1 unspecified atom stereocenters. The van der Waals surface area contributed by atoms with Crippen LogP contribution in [-0.2, 0) is 11.4 Å². The van der Waals surface area contributed by atoms with Gasteiger partial charge in [-0.1, -0.05) is 0 Å². The molecule has 1 atom stereocenters. The van der Waals surface area contributed by atoms with Crippen molar-refractivity contribution in [3.05, 3.63) is 23.8 Å². The van der Waals surface area contributed by atoms with Crippen molar-refractivity contribution in [1.29, 1.82) is 0 Å². The SMILES string of the molecule is COc1ccc(C=O)cc1OS(=O)O. The van der Waals surface area contributed by atoms with Gasteiger partial charge in [-0.25, -0.2) is 0 Å². The highest BCUT2D eigenvalue weighted by Crippen LogP contribution is 2.27. The van der Waals surface area contributed by atoms with Crippen LogP contribution in [0.2, 0.25) is 0 Å². The van der Waals surface area contributed by atoms with Crippen LogP contribution in [0.1, 0.15) is 10.4 Å². The van der Waals surface area contributed by atoms with E-state index in [4.69, 9.17) is 9.29 Å². The van der Waals surface area contributed by atoms with Crippen LogP contribution >= 0.6 is 0 Å². The normalized spacial score (nSPS) is 11.9. The third-order valence-corrected chi connectivity index (χ3v) is 1.81. The van der Waals surface area contributed by atoms with Crippen molar-refractivity contribution in [3.8, 4) is 11.5 Å². The predicted molar refractivity (Wildman–Crippen MR) is 49.8 cm³/mol. The number of carbonyl (C=O) groups is 1. The van der Waals surface area contributed by atoms with Crippen LogP contribution in [0.5, 0.6) is 11.5 Å². The van der Waals surface area contributed by atoms with Gasteiger partial charge in [0.1, 0.15) is 6.29 Å². The summed E-state index contributed by atoms with van der Waals surface area (Å²) in [5, 5.41) is 0. The van der Waals surface area contributed by atoms with E-state index in [1.54, 1.807) is 0 Å². The predicted octanol–water partition coefficient (Wildman–Crippen LogP) is 1.02. The van der Waals surface area contributed by atoms with Gasteiger partial charge in [-0.15, -0.1) is 0 Å². The molecule has 0 spiro atoms. The number of methoxy groups -OCH3 is 1. The first kappa shape index (κ1) is 10.7. The molecule has 0 aliphatic rings. The van der Waals surface area contributed by atoms with Crippen molar-refractivity contribution in [1.82, 2.24) is 0 Å². The molecular weight excluding hydrogens is 208 g/mol. The number of rotatable bonds is 4. The van der Waals surface area contributed by atoms with E-state index in [0.29, 0.717) is 11.8 Å². The van der Waals surface area contributed by atoms with Crippen molar-refractivity contribution in [2.75, 3.05) is 7.11 Å². The molecule has 0 aliphatic carbocycles. The summed E-state index contributed by atoms with van der Waals surface area (Å²) in [6, 6.07) is 4.31. The minimum Gasteiger partial charge on any atom is -0.493 e. The topological polar surface area (TPSA) is 72.8 Å². The van der Waals surface area contributed by atoms with Crippen LogP contribution in [0.4, 0.5) is 0 Å². The molecule has 1 N–H and O–H groups in total. The maximum atomic E-state index is 10.4. The van der Waals surface area contributed by atoms with E-state index in [9.17, 15) is 9.00 Å². The summed E-state index contributed by atoms with van der Waals surface area (Å²) in [4.78, 5) is 10.4. The minimum absolute atomic E-state index is 0.0536. The van der Waals surface area contributed by atoms with Crippen LogP contribution in [0.15, 0.2) is 18.2 Å². The Morgan fingerprint density at radius 1 is 1.43 bits per heavy atom. The highest BCUT2D eigenvalue weighted by Gasteiger charge is 2.07. The molecule has 0 aromatic heterocycles. The maximum Gasteiger partial charge on any atom is 0.357 e. The second-order valence-corrected chi connectivity index (χ2v) is 2.93. The number of aldehydes is 1. The summed E-state index contributed by atoms with van der Waals surface area (Å²) < 4.78 is 28.3. The lowest BCUT2D eigenvalue weighted by Crippen LogP contribution is -2.00. The third-order valence-electron chi connectivity index (χ3n) is 1.48. The Hall–Kier alpha value is -1.40. The Labute approximate surface area is 83.1 Å². The van der Waals surface area contributed by atoms with E-state index in [0.717, 1.165) is 0 Å². The molecule has 6 heteroatoms. The first-order chi connectivity index (χ1) is 6.67. The Morgan fingerprint density at radius 3 is 2.64 bits per heavy atom. The average Bonchev–Trinajstić information content (AvgIpc) is 2.16. The number of hydrogen-bond donors (Lipinski definition) is 1. The van der Waals surface area contributed by atoms with Gasteiger partial charge in [0.15, 0.2) is 11.5 Å².